The summed E-state index contributed by atoms with van der Waals surface area (Å²) in [6.45, 7) is 38.0. The number of aromatic amines is 5. The molecule has 0 aromatic carbocycles. The summed E-state index contributed by atoms with van der Waals surface area (Å²) in [5, 5.41) is 12.1. The number of aromatic nitrogens is 5. The maximum absolute atomic E-state index is 6.09. The molecule has 0 saturated carbocycles. The van der Waals surface area contributed by atoms with E-state index < -0.39 is 0 Å². The molecule has 1 fully saturated rings. The van der Waals surface area contributed by atoms with Crippen LogP contribution in [0.1, 0.15) is 247 Å². The number of H-pyrrole nitrogens is 5. The second kappa shape index (κ2) is 25.8. The van der Waals surface area contributed by atoms with Crippen molar-refractivity contribution in [2.45, 2.75) is 251 Å². The Morgan fingerprint density at radius 1 is 0.361 bits per heavy atom. The summed E-state index contributed by atoms with van der Waals surface area (Å²) in [5.41, 5.74) is 27.9. The number of hydrogen-bond donors (Lipinski definition) is 6. The summed E-state index contributed by atoms with van der Waals surface area (Å²) in [4.78, 5) is 32.7. The monoisotopic (exact) mass is 1120 g/mol. The van der Waals surface area contributed by atoms with Gasteiger partial charge >= 0.3 is 0 Å². The zero-order chi connectivity index (χ0) is 59.0. The SMILES string of the molecule is CCC1=C(CC)[C@@H]2N=C1/C=c1\[nH]/c(c(CC)c1CC)=C\c1[nH]c(c(CC)c1CC)/C=C1\NC(C(CC)C1CC)C2CCC/C1=c2/[nH]/c(c(CC)c2CC)=C\c2[nH]c(c(CC)c2CC)/C=c2\[nH]/c(c(CC)c2CC)=C\C2=NC1C(CC)C2CC. The molecule has 0 spiro atoms. The fourth-order valence-electron chi connectivity index (χ4n) is 17.6. The van der Waals surface area contributed by atoms with Gasteiger partial charge in [0.2, 0.25) is 0 Å². The molecule has 8 atom stereocenters. The van der Waals surface area contributed by atoms with Gasteiger partial charge in [0.25, 0.3) is 0 Å². The van der Waals surface area contributed by atoms with E-state index in [0.29, 0.717) is 29.6 Å². The highest BCUT2D eigenvalue weighted by atomic mass is 15.0. The van der Waals surface area contributed by atoms with Gasteiger partial charge in [-0.25, -0.2) is 0 Å². The Morgan fingerprint density at radius 2 is 0.807 bits per heavy atom. The van der Waals surface area contributed by atoms with E-state index in [0.717, 1.165) is 122 Å². The van der Waals surface area contributed by atoms with Crippen LogP contribution >= 0.6 is 0 Å². The summed E-state index contributed by atoms with van der Waals surface area (Å²) < 4.78 is 0. The molecule has 8 heteroatoms. The first kappa shape index (κ1) is 60.4. The molecule has 0 aliphatic carbocycles. The van der Waals surface area contributed by atoms with Gasteiger partial charge < -0.3 is 30.2 Å². The normalized spacial score (nSPS) is 26.2. The quantitative estimate of drug-likeness (QED) is 0.0458. The fourth-order valence-corrected chi connectivity index (χ4v) is 17.6. The van der Waals surface area contributed by atoms with Crippen LogP contribution in [0.5, 0.6) is 0 Å². The number of nitrogens with one attached hydrogen (secondary N) is 6. The molecule has 1 saturated heterocycles. The number of fused-ring (bicyclic) bond motifs is 14. The van der Waals surface area contributed by atoms with Crippen molar-refractivity contribution in [3.8, 4) is 0 Å². The molecule has 16 bridgehead atoms. The minimum atomic E-state index is 0.0833. The van der Waals surface area contributed by atoms with E-state index in [1.54, 1.807) is 5.57 Å². The van der Waals surface area contributed by atoms with Gasteiger partial charge in [0, 0.05) is 90.1 Å². The molecule has 6 N–H and O–H groups in total. The lowest BCUT2D eigenvalue weighted by Crippen LogP contribution is -2.41. The van der Waals surface area contributed by atoms with Crippen molar-refractivity contribution in [1.82, 2.24) is 30.2 Å². The predicted octanol–water partition coefficient (Wildman–Crippen LogP) is 12.8. The summed E-state index contributed by atoms with van der Waals surface area (Å²) in [5.74, 6) is 2.01. The van der Waals surface area contributed by atoms with Crippen LogP contribution in [-0.2, 0) is 64.2 Å². The molecule has 8 nitrogen and oxygen atoms in total. The highest BCUT2D eigenvalue weighted by Gasteiger charge is 2.46. The molecule has 5 aliphatic rings. The van der Waals surface area contributed by atoms with Crippen LogP contribution in [0.25, 0.3) is 42.0 Å². The van der Waals surface area contributed by atoms with Gasteiger partial charge in [0.05, 0.1) is 17.8 Å². The average molecular weight is 1120 g/mol. The lowest BCUT2D eigenvalue weighted by Gasteiger charge is -2.34. The van der Waals surface area contributed by atoms with E-state index in [1.807, 2.05) is 0 Å². The Hall–Kier alpha value is -5.76. The first-order valence-corrected chi connectivity index (χ1v) is 34.1. The molecule has 0 amide bonds. The third-order valence-corrected chi connectivity index (χ3v) is 21.4. The van der Waals surface area contributed by atoms with Gasteiger partial charge in [-0.2, -0.15) is 0 Å². The number of aliphatic imine (C=N–C) groups is 2. The molecule has 5 aliphatic heterocycles. The Kier molecular flexibility index (Phi) is 18.8. The predicted molar refractivity (Wildman–Crippen MR) is 356 cm³/mol. The van der Waals surface area contributed by atoms with Crippen LogP contribution in [0.3, 0.4) is 0 Å². The molecule has 5 aromatic heterocycles. The van der Waals surface area contributed by atoms with Crippen molar-refractivity contribution in [2.24, 2.45) is 39.6 Å². The van der Waals surface area contributed by atoms with E-state index in [2.05, 4.69) is 177 Å². The van der Waals surface area contributed by atoms with Crippen molar-refractivity contribution in [1.29, 1.82) is 0 Å². The van der Waals surface area contributed by atoms with Crippen LogP contribution < -0.4 is 37.4 Å². The van der Waals surface area contributed by atoms with Crippen molar-refractivity contribution < 1.29 is 0 Å². The van der Waals surface area contributed by atoms with Gasteiger partial charge in [-0.05, 0) is 230 Å². The maximum Gasteiger partial charge on any atom is 0.0770 e. The summed E-state index contributed by atoms with van der Waals surface area (Å²) in [6, 6.07) is 0.466. The highest BCUT2D eigenvalue weighted by molar-refractivity contribution is 6.22. The Morgan fingerprint density at radius 3 is 1.27 bits per heavy atom. The molecule has 5 aromatic rings. The van der Waals surface area contributed by atoms with Crippen LogP contribution in [0, 0.1) is 29.6 Å². The third-order valence-electron chi connectivity index (χ3n) is 21.4. The topological polar surface area (TPSA) is 116 Å². The summed E-state index contributed by atoms with van der Waals surface area (Å²) >= 11 is 0. The molecular weight excluding hydrogens is 1010 g/mol. The second-order valence-corrected chi connectivity index (χ2v) is 25.0. The van der Waals surface area contributed by atoms with Crippen molar-refractivity contribution in [3.05, 3.63) is 127 Å². The Labute approximate surface area is 499 Å². The molecule has 7 unspecified atom stereocenters. The Bertz CT molecular complexity index is 3730. The molecule has 446 valence electrons. The van der Waals surface area contributed by atoms with E-state index in [9.17, 15) is 0 Å². The van der Waals surface area contributed by atoms with Crippen LogP contribution in [-0.4, -0.2) is 54.5 Å². The molecular formula is C75H106N8. The van der Waals surface area contributed by atoms with Gasteiger partial charge in [-0.1, -0.05) is 124 Å². The van der Waals surface area contributed by atoms with Gasteiger partial charge in [-0.15, -0.1) is 0 Å². The molecule has 0 radical (unpaired) electrons. The zero-order valence-corrected chi connectivity index (χ0v) is 54.4. The first-order chi connectivity index (χ1) is 40.4. The van der Waals surface area contributed by atoms with Crippen molar-refractivity contribution in [2.75, 3.05) is 0 Å². The van der Waals surface area contributed by atoms with Crippen molar-refractivity contribution in [3.63, 3.8) is 0 Å². The smallest absolute Gasteiger partial charge is 0.0770 e. The number of hydrogen-bond acceptors (Lipinski definition) is 3. The lowest BCUT2D eigenvalue weighted by molar-refractivity contribution is 0.240. The second-order valence-electron chi connectivity index (χ2n) is 25.0. The standard InChI is InChI=1S/C75H106N8/c1-17-42-46(21-5)64-38-68-50(25-9)54(29-13)72(80-68)58(73-55(30-14)51(26-10)69(81-73)39-65-47(22-6)43(18-2)61(77-65)36-60(42)76-64)34-33-35-59-74-56(31-15)52(27-11)70(82-74)40-66-48(23-7)44(19-3)62(78-66)37-63-45(20-4)49(24-8)67(79-63)41-71-53(28-12)57(32-16)75(59)83-71/h36-41,50,52,54,56,58,72-74,76-80,83H,17-35H2,1-16H3/b61-36-,62-37-,65-39-,66-40-,68-38-,71-41-,75-59-/t50?,52?,54?,56?,58?,72?,73-,74?/m0/s1. The van der Waals surface area contributed by atoms with E-state index in [-0.39, 0.29) is 18.1 Å². The van der Waals surface area contributed by atoms with Gasteiger partial charge in [-0.3, -0.25) is 9.98 Å². The molecule has 10 rings (SSSR count). The summed E-state index contributed by atoms with van der Waals surface area (Å²) in [7, 11) is 0. The number of allylic oxidation sites excluding steroid dienone is 2. The highest BCUT2D eigenvalue weighted by Crippen LogP contribution is 2.46. The number of nitrogens with zero attached hydrogens (tertiary/aromatic N) is 2. The van der Waals surface area contributed by atoms with Crippen LogP contribution in [0.2, 0.25) is 0 Å². The summed E-state index contributed by atoms with van der Waals surface area (Å²) in [6.07, 6.45) is 34.3. The van der Waals surface area contributed by atoms with E-state index in [4.69, 9.17) is 9.98 Å². The molecule has 10 heterocycles. The molecule has 83 heavy (non-hydrogen) atoms. The average Bonchev–Trinajstić information content (AvgIpc) is 4.16. The van der Waals surface area contributed by atoms with Gasteiger partial charge in [0.15, 0.2) is 0 Å². The van der Waals surface area contributed by atoms with Gasteiger partial charge in [0.1, 0.15) is 0 Å². The Balaban J connectivity index is 1.20. The van der Waals surface area contributed by atoms with Crippen molar-refractivity contribution >= 4 is 53.5 Å². The lowest BCUT2D eigenvalue weighted by atomic mass is 9.73. The van der Waals surface area contributed by atoms with Crippen LogP contribution in [0.4, 0.5) is 0 Å². The minimum Gasteiger partial charge on any atom is -0.385 e. The maximum atomic E-state index is 6.09. The largest absolute Gasteiger partial charge is 0.385 e. The van der Waals surface area contributed by atoms with Crippen LogP contribution in [0.15, 0.2) is 26.8 Å². The number of rotatable bonds is 20. The zero-order valence-electron chi connectivity index (χ0n) is 54.4. The third kappa shape index (κ3) is 10.5. The fraction of sp³-hybridized carbons (Fsp3) is 0.573. The first-order valence-electron chi connectivity index (χ1n) is 34.1. The van der Waals surface area contributed by atoms with E-state index in [1.165, 1.54) is 139 Å². The van der Waals surface area contributed by atoms with E-state index >= 15 is 0 Å². The minimum absolute atomic E-state index is 0.0833.